The number of benzene rings is 1. The quantitative estimate of drug-likeness (QED) is 0.475. The van der Waals surface area contributed by atoms with E-state index in [0.29, 0.717) is 0 Å². The summed E-state index contributed by atoms with van der Waals surface area (Å²) >= 11 is 0. The van der Waals surface area contributed by atoms with Crippen LogP contribution in [0.5, 0.6) is 5.75 Å². The summed E-state index contributed by atoms with van der Waals surface area (Å²) < 4.78 is 5.80. The molecule has 1 saturated heterocycles. The first-order valence-corrected chi connectivity index (χ1v) is 7.68. The number of para-hydroxylation sites is 1. The summed E-state index contributed by atoms with van der Waals surface area (Å²) in [4.78, 5) is 14.0. The molecule has 21 heavy (non-hydrogen) atoms. The van der Waals surface area contributed by atoms with Crippen LogP contribution in [-0.4, -0.2) is 30.5 Å². The Hall–Kier alpha value is -1.59. The highest BCUT2D eigenvalue weighted by atomic mass is 16.5. The fourth-order valence-electron chi connectivity index (χ4n) is 2.76. The van der Waals surface area contributed by atoms with Gasteiger partial charge in [-0.2, -0.15) is 0 Å². The number of nitrogens with two attached hydrogens (primary N) is 1. The fraction of sp³-hybridized carbons (Fsp3) is 0.562. The standard InChI is InChI=1S/C16H25N3O2/c1-2-10-21-15-8-4-3-6-13(15)11-19-9-5-7-14(12-19)16(20)18-17/h3-4,6,8,14H,2,5,7,9-12,17H2,1H3,(H,18,20). The van der Waals surface area contributed by atoms with Gasteiger partial charge >= 0.3 is 0 Å². The van der Waals surface area contributed by atoms with Crippen LogP contribution in [0.2, 0.25) is 0 Å². The van der Waals surface area contributed by atoms with E-state index in [1.807, 2.05) is 18.2 Å². The van der Waals surface area contributed by atoms with Crippen LogP contribution < -0.4 is 16.0 Å². The van der Waals surface area contributed by atoms with Crippen molar-refractivity contribution >= 4 is 5.91 Å². The highest BCUT2D eigenvalue weighted by Gasteiger charge is 2.25. The van der Waals surface area contributed by atoms with Crippen molar-refractivity contribution in [3.05, 3.63) is 29.8 Å². The van der Waals surface area contributed by atoms with E-state index in [0.717, 1.165) is 51.3 Å². The molecule has 1 unspecified atom stereocenters. The van der Waals surface area contributed by atoms with E-state index in [1.54, 1.807) is 0 Å². The number of carbonyl (C=O) groups excluding carboxylic acids is 1. The summed E-state index contributed by atoms with van der Waals surface area (Å²) in [5, 5.41) is 0. The molecule has 0 radical (unpaired) electrons. The zero-order valence-electron chi connectivity index (χ0n) is 12.7. The first-order valence-electron chi connectivity index (χ1n) is 7.68. The molecule has 1 aliphatic heterocycles. The topological polar surface area (TPSA) is 67.6 Å². The molecule has 1 heterocycles. The Morgan fingerprint density at radius 3 is 3.05 bits per heavy atom. The second kappa shape index (κ2) is 8.00. The summed E-state index contributed by atoms with van der Waals surface area (Å²) in [7, 11) is 0. The minimum Gasteiger partial charge on any atom is -0.493 e. The van der Waals surface area contributed by atoms with E-state index < -0.39 is 0 Å². The number of likely N-dealkylation sites (tertiary alicyclic amines) is 1. The predicted molar refractivity (Wildman–Crippen MR) is 82.6 cm³/mol. The minimum absolute atomic E-state index is 0.00697. The van der Waals surface area contributed by atoms with Gasteiger partial charge in [0.2, 0.25) is 5.91 Å². The van der Waals surface area contributed by atoms with E-state index in [2.05, 4.69) is 23.3 Å². The number of rotatable bonds is 6. The van der Waals surface area contributed by atoms with Crippen molar-refractivity contribution in [1.29, 1.82) is 0 Å². The smallest absolute Gasteiger partial charge is 0.238 e. The summed E-state index contributed by atoms with van der Waals surface area (Å²) in [6, 6.07) is 8.13. The first-order chi connectivity index (χ1) is 10.2. The zero-order valence-corrected chi connectivity index (χ0v) is 12.7. The normalized spacial score (nSPS) is 19.2. The molecule has 0 bridgehead atoms. The van der Waals surface area contributed by atoms with E-state index in [-0.39, 0.29) is 11.8 Å². The molecule has 1 aromatic carbocycles. The molecule has 2 rings (SSSR count). The van der Waals surface area contributed by atoms with Crippen molar-refractivity contribution < 1.29 is 9.53 Å². The van der Waals surface area contributed by atoms with Gasteiger partial charge in [0.25, 0.3) is 0 Å². The van der Waals surface area contributed by atoms with Crippen molar-refractivity contribution in [3.63, 3.8) is 0 Å². The average Bonchev–Trinajstić information content (AvgIpc) is 2.53. The SMILES string of the molecule is CCCOc1ccccc1CN1CCCC(C(=O)NN)C1. The van der Waals surface area contributed by atoms with Crippen molar-refractivity contribution in [3.8, 4) is 5.75 Å². The van der Waals surface area contributed by atoms with Crippen molar-refractivity contribution in [1.82, 2.24) is 10.3 Å². The van der Waals surface area contributed by atoms with E-state index >= 15 is 0 Å². The number of nitrogens with one attached hydrogen (secondary N) is 1. The van der Waals surface area contributed by atoms with Gasteiger partial charge in [-0.3, -0.25) is 15.1 Å². The van der Waals surface area contributed by atoms with Crippen LogP contribution in [0.1, 0.15) is 31.7 Å². The molecule has 116 valence electrons. The Balaban J connectivity index is 1.99. The molecule has 1 amide bonds. The molecule has 0 aromatic heterocycles. The van der Waals surface area contributed by atoms with Crippen molar-refractivity contribution in [2.75, 3.05) is 19.7 Å². The number of nitrogens with zero attached hydrogens (tertiary/aromatic N) is 1. The molecule has 0 aliphatic carbocycles. The zero-order chi connectivity index (χ0) is 15.1. The lowest BCUT2D eigenvalue weighted by Crippen LogP contribution is -2.44. The average molecular weight is 291 g/mol. The molecule has 1 fully saturated rings. The van der Waals surface area contributed by atoms with E-state index in [9.17, 15) is 4.79 Å². The Morgan fingerprint density at radius 2 is 2.29 bits per heavy atom. The van der Waals surface area contributed by atoms with Gasteiger partial charge in [-0.25, -0.2) is 5.84 Å². The number of amides is 1. The molecule has 5 nitrogen and oxygen atoms in total. The second-order valence-corrected chi connectivity index (χ2v) is 5.54. The van der Waals surface area contributed by atoms with Crippen LogP contribution in [-0.2, 0) is 11.3 Å². The third-order valence-electron chi connectivity index (χ3n) is 3.85. The van der Waals surface area contributed by atoms with Gasteiger partial charge in [0.05, 0.1) is 12.5 Å². The number of ether oxygens (including phenoxy) is 1. The number of hydrogen-bond donors (Lipinski definition) is 2. The van der Waals surface area contributed by atoms with Crippen LogP contribution in [0.25, 0.3) is 0 Å². The Morgan fingerprint density at radius 1 is 1.48 bits per heavy atom. The van der Waals surface area contributed by atoms with E-state index in [1.165, 1.54) is 5.56 Å². The van der Waals surface area contributed by atoms with Crippen molar-refractivity contribution in [2.24, 2.45) is 11.8 Å². The molecule has 3 N–H and O–H groups in total. The molecule has 1 aliphatic rings. The monoisotopic (exact) mass is 291 g/mol. The Bertz CT molecular complexity index is 465. The third-order valence-corrected chi connectivity index (χ3v) is 3.85. The van der Waals surface area contributed by atoms with Gasteiger partial charge in [0.15, 0.2) is 0 Å². The maximum absolute atomic E-state index is 11.7. The fourth-order valence-corrected chi connectivity index (χ4v) is 2.76. The van der Waals surface area contributed by atoms with Crippen LogP contribution in [0.4, 0.5) is 0 Å². The predicted octanol–water partition coefficient (Wildman–Crippen LogP) is 1.68. The lowest BCUT2D eigenvalue weighted by Gasteiger charge is -2.32. The number of carbonyl (C=O) groups is 1. The molecular weight excluding hydrogens is 266 g/mol. The number of hydrazine groups is 1. The molecular formula is C16H25N3O2. The van der Waals surface area contributed by atoms with Gasteiger partial charge in [-0.1, -0.05) is 25.1 Å². The van der Waals surface area contributed by atoms with Crippen LogP contribution >= 0.6 is 0 Å². The highest BCUT2D eigenvalue weighted by molar-refractivity contribution is 5.78. The van der Waals surface area contributed by atoms with Gasteiger partial charge in [-0.05, 0) is 31.9 Å². The third kappa shape index (κ3) is 4.44. The number of hydrogen-bond acceptors (Lipinski definition) is 4. The van der Waals surface area contributed by atoms with Crippen LogP contribution in [0.3, 0.4) is 0 Å². The maximum atomic E-state index is 11.7. The Kier molecular flexibility index (Phi) is 6.02. The molecule has 1 aromatic rings. The summed E-state index contributed by atoms with van der Waals surface area (Å²) in [5.74, 6) is 6.12. The molecule has 0 saturated carbocycles. The van der Waals surface area contributed by atoms with Gasteiger partial charge in [-0.15, -0.1) is 0 Å². The lowest BCUT2D eigenvalue weighted by molar-refractivity contribution is -0.126. The van der Waals surface area contributed by atoms with Crippen LogP contribution in [0, 0.1) is 5.92 Å². The summed E-state index contributed by atoms with van der Waals surface area (Å²) in [6.45, 7) is 5.41. The van der Waals surface area contributed by atoms with Crippen molar-refractivity contribution in [2.45, 2.75) is 32.7 Å². The molecule has 1 atom stereocenters. The highest BCUT2D eigenvalue weighted by Crippen LogP contribution is 2.23. The summed E-state index contributed by atoms with van der Waals surface area (Å²) in [5.41, 5.74) is 3.45. The second-order valence-electron chi connectivity index (χ2n) is 5.54. The molecule has 0 spiro atoms. The maximum Gasteiger partial charge on any atom is 0.238 e. The minimum atomic E-state index is -0.0600. The molecule has 5 heteroatoms. The largest absolute Gasteiger partial charge is 0.493 e. The summed E-state index contributed by atoms with van der Waals surface area (Å²) in [6.07, 6.45) is 2.93. The van der Waals surface area contributed by atoms with Gasteiger partial charge in [0.1, 0.15) is 5.75 Å². The van der Waals surface area contributed by atoms with Gasteiger partial charge in [0, 0.05) is 18.7 Å². The van der Waals surface area contributed by atoms with E-state index in [4.69, 9.17) is 10.6 Å². The Labute approximate surface area is 126 Å². The van der Waals surface area contributed by atoms with Gasteiger partial charge < -0.3 is 4.74 Å². The first kappa shape index (κ1) is 15.8. The lowest BCUT2D eigenvalue weighted by atomic mass is 9.97. The van der Waals surface area contributed by atoms with Crippen LogP contribution in [0.15, 0.2) is 24.3 Å². The number of piperidine rings is 1.